The first kappa shape index (κ1) is 15.5. The second-order valence-electron chi connectivity index (χ2n) is 3.75. The van der Waals surface area contributed by atoms with E-state index in [0.29, 0.717) is 16.2 Å². The molecule has 1 amide bonds. The predicted octanol–water partition coefficient (Wildman–Crippen LogP) is 2.12. The number of halogens is 3. The van der Waals surface area contributed by atoms with Crippen LogP contribution in [0.15, 0.2) is 11.4 Å². The zero-order chi connectivity index (χ0) is 14.5. The second kappa shape index (κ2) is 6.59. The zero-order valence-electron chi connectivity index (χ0n) is 10.1. The molecule has 0 atom stereocenters. The summed E-state index contributed by atoms with van der Waals surface area (Å²) in [6.07, 6.45) is -4.10. The SMILES string of the molecule is CN(CC(F)(F)F)C(=O)c1csc(C#CCCO)c1. The summed E-state index contributed by atoms with van der Waals surface area (Å²) in [5.41, 5.74) is 0.185. The molecular formula is C12H12F3NO2S. The van der Waals surface area contributed by atoms with E-state index in [1.165, 1.54) is 22.8 Å². The third kappa shape index (κ3) is 5.32. The van der Waals surface area contributed by atoms with Gasteiger partial charge in [0.05, 0.1) is 17.0 Å². The van der Waals surface area contributed by atoms with E-state index in [4.69, 9.17) is 5.11 Å². The summed E-state index contributed by atoms with van der Waals surface area (Å²) in [6.45, 7) is -1.34. The summed E-state index contributed by atoms with van der Waals surface area (Å²) >= 11 is 1.18. The Morgan fingerprint density at radius 2 is 2.21 bits per heavy atom. The van der Waals surface area contributed by atoms with E-state index in [2.05, 4.69) is 11.8 Å². The van der Waals surface area contributed by atoms with Gasteiger partial charge in [-0.05, 0) is 6.07 Å². The smallest absolute Gasteiger partial charge is 0.395 e. The van der Waals surface area contributed by atoms with Gasteiger partial charge in [0.25, 0.3) is 5.91 Å². The molecule has 0 aliphatic heterocycles. The van der Waals surface area contributed by atoms with Gasteiger partial charge in [-0.25, -0.2) is 0 Å². The molecule has 0 bridgehead atoms. The minimum Gasteiger partial charge on any atom is -0.395 e. The van der Waals surface area contributed by atoms with Crippen molar-refractivity contribution in [1.82, 2.24) is 4.90 Å². The Balaban J connectivity index is 2.71. The van der Waals surface area contributed by atoms with Crippen LogP contribution >= 0.6 is 11.3 Å². The number of alkyl halides is 3. The number of rotatable bonds is 3. The van der Waals surface area contributed by atoms with E-state index in [1.807, 2.05) is 0 Å². The van der Waals surface area contributed by atoms with Gasteiger partial charge in [0, 0.05) is 18.8 Å². The van der Waals surface area contributed by atoms with Crippen LogP contribution in [0, 0.1) is 11.8 Å². The Labute approximate surface area is 112 Å². The number of carbonyl (C=O) groups is 1. The highest BCUT2D eigenvalue weighted by molar-refractivity contribution is 7.10. The summed E-state index contributed by atoms with van der Waals surface area (Å²) in [7, 11) is 1.10. The van der Waals surface area contributed by atoms with Gasteiger partial charge in [0.1, 0.15) is 6.54 Å². The van der Waals surface area contributed by atoms with Gasteiger partial charge in [-0.2, -0.15) is 13.2 Å². The Morgan fingerprint density at radius 3 is 2.79 bits per heavy atom. The maximum absolute atomic E-state index is 12.2. The molecule has 19 heavy (non-hydrogen) atoms. The van der Waals surface area contributed by atoms with Crippen molar-refractivity contribution in [2.24, 2.45) is 0 Å². The Kier molecular flexibility index (Phi) is 5.39. The fourth-order valence-corrected chi connectivity index (χ4v) is 2.03. The van der Waals surface area contributed by atoms with E-state index in [9.17, 15) is 18.0 Å². The first-order chi connectivity index (χ1) is 8.83. The number of hydrogen-bond acceptors (Lipinski definition) is 3. The molecular weight excluding hydrogens is 279 g/mol. The Morgan fingerprint density at radius 1 is 1.53 bits per heavy atom. The fraction of sp³-hybridized carbons (Fsp3) is 0.417. The van der Waals surface area contributed by atoms with Crippen LogP contribution < -0.4 is 0 Å². The van der Waals surface area contributed by atoms with Gasteiger partial charge in [-0.15, -0.1) is 11.3 Å². The molecule has 0 spiro atoms. The molecule has 0 unspecified atom stereocenters. The van der Waals surface area contributed by atoms with Gasteiger partial charge in [-0.3, -0.25) is 4.79 Å². The van der Waals surface area contributed by atoms with Crippen LogP contribution in [0.4, 0.5) is 13.2 Å². The quantitative estimate of drug-likeness (QED) is 0.867. The normalized spacial score (nSPS) is 10.8. The van der Waals surface area contributed by atoms with Gasteiger partial charge in [0.15, 0.2) is 0 Å². The molecule has 1 N–H and O–H groups in total. The standard InChI is InChI=1S/C12H12F3NO2S/c1-16(8-12(13,14)15)11(18)9-6-10(19-7-9)4-2-3-5-17/h6-7,17H,3,5,8H2,1H3. The number of nitrogens with zero attached hydrogens (tertiary/aromatic N) is 1. The minimum atomic E-state index is -4.41. The number of aliphatic hydroxyl groups excluding tert-OH is 1. The van der Waals surface area contributed by atoms with Crippen molar-refractivity contribution in [2.75, 3.05) is 20.2 Å². The summed E-state index contributed by atoms with van der Waals surface area (Å²) in [5.74, 6) is 4.71. The van der Waals surface area contributed by atoms with Crippen LogP contribution in [0.3, 0.4) is 0 Å². The number of carbonyl (C=O) groups excluding carboxylic acids is 1. The number of aliphatic hydroxyl groups is 1. The highest BCUT2D eigenvalue weighted by Crippen LogP contribution is 2.19. The van der Waals surface area contributed by atoms with E-state index in [0.717, 1.165) is 7.05 Å². The van der Waals surface area contributed by atoms with Crippen LogP contribution in [0.2, 0.25) is 0 Å². The first-order valence-electron chi connectivity index (χ1n) is 5.34. The monoisotopic (exact) mass is 291 g/mol. The van der Waals surface area contributed by atoms with Crippen molar-refractivity contribution in [1.29, 1.82) is 0 Å². The van der Waals surface area contributed by atoms with Crippen molar-refractivity contribution in [3.63, 3.8) is 0 Å². The molecule has 7 heteroatoms. The highest BCUT2D eigenvalue weighted by Gasteiger charge is 2.31. The maximum atomic E-state index is 12.2. The third-order valence-electron chi connectivity index (χ3n) is 2.06. The molecule has 1 rings (SSSR count). The molecule has 0 aromatic carbocycles. The molecule has 1 aromatic heterocycles. The van der Waals surface area contributed by atoms with E-state index in [1.54, 1.807) is 0 Å². The molecule has 3 nitrogen and oxygen atoms in total. The Bertz CT molecular complexity index is 499. The lowest BCUT2D eigenvalue weighted by Crippen LogP contribution is -2.35. The lowest BCUT2D eigenvalue weighted by molar-refractivity contribution is -0.138. The molecule has 0 radical (unpaired) electrons. The van der Waals surface area contributed by atoms with Crippen molar-refractivity contribution < 1.29 is 23.1 Å². The van der Waals surface area contributed by atoms with Crippen LogP contribution in [0.25, 0.3) is 0 Å². The molecule has 0 saturated heterocycles. The molecule has 104 valence electrons. The van der Waals surface area contributed by atoms with Gasteiger partial charge < -0.3 is 10.0 Å². The first-order valence-corrected chi connectivity index (χ1v) is 6.22. The molecule has 0 aliphatic rings. The topological polar surface area (TPSA) is 40.5 Å². The average Bonchev–Trinajstić information content (AvgIpc) is 2.75. The second-order valence-corrected chi connectivity index (χ2v) is 4.66. The van der Waals surface area contributed by atoms with Crippen molar-refractivity contribution in [3.8, 4) is 11.8 Å². The fourth-order valence-electron chi connectivity index (χ4n) is 1.28. The molecule has 0 aliphatic carbocycles. The van der Waals surface area contributed by atoms with Crippen LogP contribution in [0.5, 0.6) is 0 Å². The summed E-state index contributed by atoms with van der Waals surface area (Å²) in [4.78, 5) is 12.9. The molecule has 1 heterocycles. The van der Waals surface area contributed by atoms with Crippen LogP contribution in [-0.2, 0) is 0 Å². The van der Waals surface area contributed by atoms with Crippen LogP contribution in [0.1, 0.15) is 21.7 Å². The lowest BCUT2D eigenvalue weighted by Gasteiger charge is -2.18. The zero-order valence-corrected chi connectivity index (χ0v) is 10.9. The van der Waals surface area contributed by atoms with Crippen molar-refractivity contribution in [3.05, 3.63) is 21.9 Å². The van der Waals surface area contributed by atoms with Gasteiger partial charge in [-0.1, -0.05) is 11.8 Å². The average molecular weight is 291 g/mol. The van der Waals surface area contributed by atoms with E-state index >= 15 is 0 Å². The molecule has 0 saturated carbocycles. The third-order valence-corrected chi connectivity index (χ3v) is 2.90. The van der Waals surface area contributed by atoms with Crippen molar-refractivity contribution in [2.45, 2.75) is 12.6 Å². The van der Waals surface area contributed by atoms with E-state index in [-0.39, 0.29) is 12.2 Å². The lowest BCUT2D eigenvalue weighted by atomic mass is 10.2. The highest BCUT2D eigenvalue weighted by atomic mass is 32.1. The Hall–Kier alpha value is -1.52. The largest absolute Gasteiger partial charge is 0.406 e. The number of hydrogen-bond donors (Lipinski definition) is 1. The number of amides is 1. The van der Waals surface area contributed by atoms with Crippen molar-refractivity contribution >= 4 is 17.2 Å². The summed E-state index contributed by atoms with van der Waals surface area (Å²) < 4.78 is 36.5. The van der Waals surface area contributed by atoms with Crippen LogP contribution in [-0.4, -0.2) is 42.3 Å². The summed E-state index contributed by atoms with van der Waals surface area (Å²) in [6, 6.07) is 1.45. The van der Waals surface area contributed by atoms with Gasteiger partial charge in [0.2, 0.25) is 0 Å². The summed E-state index contributed by atoms with van der Waals surface area (Å²) in [5, 5.41) is 10.0. The number of thiophene rings is 1. The maximum Gasteiger partial charge on any atom is 0.406 e. The molecule has 1 aromatic rings. The van der Waals surface area contributed by atoms with Gasteiger partial charge >= 0.3 is 6.18 Å². The predicted molar refractivity (Wildman–Crippen MR) is 65.9 cm³/mol. The minimum absolute atomic E-state index is 0.0571. The molecule has 0 fully saturated rings. The van der Waals surface area contributed by atoms with E-state index < -0.39 is 18.6 Å².